The van der Waals surface area contributed by atoms with Gasteiger partial charge in [0.25, 0.3) is 13.9 Å². The van der Waals surface area contributed by atoms with Gasteiger partial charge in [0.2, 0.25) is 5.82 Å². The van der Waals surface area contributed by atoms with Crippen LogP contribution in [-0.4, -0.2) is 55.7 Å². The third-order valence-electron chi connectivity index (χ3n) is 7.84. The molecular weight excluding hydrogens is 587 g/mol. The number of aromatic amines is 1. The molecule has 1 aromatic heterocycles. The Bertz CT molecular complexity index is 1500. The fourth-order valence-electron chi connectivity index (χ4n) is 5.99. The van der Waals surface area contributed by atoms with Crippen molar-refractivity contribution in [1.82, 2.24) is 9.55 Å². The molecule has 1 fully saturated rings. The van der Waals surface area contributed by atoms with Crippen LogP contribution in [0.4, 0.5) is 4.39 Å². The van der Waals surface area contributed by atoms with E-state index in [1.165, 1.54) is 0 Å². The molecule has 0 amide bonds. The van der Waals surface area contributed by atoms with Crippen molar-refractivity contribution in [2.24, 2.45) is 11.8 Å². The topological polar surface area (TPSA) is 126 Å². The number of rotatable bonds is 11. The maximum Gasteiger partial charge on any atom is 0.330 e. The average Bonchev–Trinajstić information content (AvgIpc) is 3.39. The van der Waals surface area contributed by atoms with Crippen LogP contribution in [0, 0.1) is 17.7 Å². The van der Waals surface area contributed by atoms with E-state index in [4.69, 9.17) is 18.6 Å². The molecule has 0 bridgehead atoms. The van der Waals surface area contributed by atoms with Gasteiger partial charge in [0, 0.05) is 5.92 Å². The molecule has 3 aromatic rings. The summed E-state index contributed by atoms with van der Waals surface area (Å²) in [6.45, 7) is 9.62. The average molecular weight is 627 g/mol. The molecule has 3 atom stereocenters. The molecule has 4 rings (SSSR count). The van der Waals surface area contributed by atoms with Gasteiger partial charge in [0.05, 0.1) is 32.1 Å². The quantitative estimate of drug-likeness (QED) is 0.196. The SMILES string of the molecule is CCOC(=O)C(C(=O)OCC)[C@H]1C[C@@H](CO[Si](c2ccccc2)(c2ccccc2)C(C)(C)C)O[C@H]1n1cc(F)c(=O)[nH]c1=O. The minimum atomic E-state index is -3.00. The smallest absolute Gasteiger partial charge is 0.330 e. The van der Waals surface area contributed by atoms with E-state index in [1.54, 1.807) is 13.8 Å². The van der Waals surface area contributed by atoms with Gasteiger partial charge in [-0.3, -0.25) is 23.9 Å². The number of hydrogen-bond donors (Lipinski definition) is 1. The van der Waals surface area contributed by atoms with Gasteiger partial charge in [-0.15, -0.1) is 0 Å². The predicted octanol–water partition coefficient (Wildman–Crippen LogP) is 2.90. The van der Waals surface area contributed by atoms with Crippen molar-refractivity contribution in [1.29, 1.82) is 0 Å². The van der Waals surface area contributed by atoms with Crippen LogP contribution in [0.5, 0.6) is 0 Å². The number of carbonyl (C=O) groups is 2. The van der Waals surface area contributed by atoms with Crippen molar-refractivity contribution >= 4 is 30.6 Å². The van der Waals surface area contributed by atoms with Gasteiger partial charge in [-0.1, -0.05) is 81.4 Å². The van der Waals surface area contributed by atoms with Crippen molar-refractivity contribution in [2.45, 2.75) is 58.4 Å². The van der Waals surface area contributed by atoms with E-state index in [0.717, 1.165) is 21.1 Å². The minimum Gasteiger partial charge on any atom is -0.465 e. The first-order valence-corrected chi connectivity index (χ1v) is 16.6. The highest BCUT2D eigenvalue weighted by Crippen LogP contribution is 2.42. The van der Waals surface area contributed by atoms with E-state index >= 15 is 0 Å². The number of hydrogen-bond acceptors (Lipinski definition) is 8. The van der Waals surface area contributed by atoms with E-state index in [2.05, 4.69) is 20.8 Å². The number of carbonyl (C=O) groups excluding carboxylic acids is 2. The molecule has 0 saturated carbocycles. The first-order chi connectivity index (χ1) is 20.9. The summed E-state index contributed by atoms with van der Waals surface area (Å²) in [5, 5.41) is 1.74. The van der Waals surface area contributed by atoms with Crippen molar-refractivity contribution in [3.63, 3.8) is 0 Å². The van der Waals surface area contributed by atoms with Crippen molar-refractivity contribution in [3.8, 4) is 0 Å². The maximum absolute atomic E-state index is 14.4. The molecule has 1 N–H and O–H groups in total. The number of nitrogens with zero attached hydrogens (tertiary/aromatic N) is 1. The molecule has 0 aliphatic carbocycles. The van der Waals surface area contributed by atoms with Crippen molar-refractivity contribution in [2.75, 3.05) is 19.8 Å². The van der Waals surface area contributed by atoms with Crippen LogP contribution in [-0.2, 0) is 28.2 Å². The number of H-pyrrole nitrogens is 1. The maximum atomic E-state index is 14.4. The predicted molar refractivity (Wildman–Crippen MR) is 164 cm³/mol. The number of aromatic nitrogens is 2. The first kappa shape index (κ1) is 33.0. The summed E-state index contributed by atoms with van der Waals surface area (Å²) >= 11 is 0. The molecule has 0 spiro atoms. The molecule has 1 aliphatic rings. The molecule has 236 valence electrons. The van der Waals surface area contributed by atoms with Crippen LogP contribution in [0.3, 0.4) is 0 Å². The van der Waals surface area contributed by atoms with Crippen LogP contribution >= 0.6 is 0 Å². The Morgan fingerprint density at radius 1 is 0.977 bits per heavy atom. The largest absolute Gasteiger partial charge is 0.465 e. The van der Waals surface area contributed by atoms with Gasteiger partial charge >= 0.3 is 17.6 Å². The third kappa shape index (κ3) is 6.62. The zero-order valence-electron chi connectivity index (χ0n) is 25.6. The van der Waals surface area contributed by atoms with Gasteiger partial charge in [-0.05, 0) is 35.7 Å². The lowest BCUT2D eigenvalue weighted by molar-refractivity contribution is -0.167. The monoisotopic (exact) mass is 626 g/mol. The lowest BCUT2D eigenvalue weighted by Gasteiger charge is -2.43. The van der Waals surface area contributed by atoms with Gasteiger partial charge < -0.3 is 18.6 Å². The normalized spacial score (nSPS) is 18.8. The number of benzene rings is 2. The summed E-state index contributed by atoms with van der Waals surface area (Å²) in [7, 11) is -3.00. The van der Waals surface area contributed by atoms with Gasteiger partial charge in [-0.2, -0.15) is 4.39 Å². The number of ether oxygens (including phenoxy) is 3. The summed E-state index contributed by atoms with van der Waals surface area (Å²) in [5.74, 6) is -5.39. The third-order valence-corrected chi connectivity index (χ3v) is 12.8. The molecular formula is C32H39FN2O8Si. The number of nitrogens with one attached hydrogen (secondary N) is 1. The molecule has 2 aromatic carbocycles. The van der Waals surface area contributed by atoms with Crippen LogP contribution in [0.1, 0.15) is 47.3 Å². The number of esters is 2. The van der Waals surface area contributed by atoms with Crippen molar-refractivity contribution < 1.29 is 32.6 Å². The van der Waals surface area contributed by atoms with E-state index < -0.39 is 61.5 Å². The molecule has 12 heteroatoms. The highest BCUT2D eigenvalue weighted by atomic mass is 28.4. The lowest BCUT2D eigenvalue weighted by Crippen LogP contribution is -2.67. The Kier molecular flexibility index (Phi) is 10.4. The lowest BCUT2D eigenvalue weighted by atomic mass is 9.87. The van der Waals surface area contributed by atoms with Crippen molar-refractivity contribution in [3.05, 3.63) is 93.5 Å². The second kappa shape index (κ2) is 13.8. The fourth-order valence-corrected chi connectivity index (χ4v) is 10.6. The first-order valence-electron chi connectivity index (χ1n) is 14.7. The number of halogens is 1. The van der Waals surface area contributed by atoms with E-state index in [1.807, 2.05) is 65.6 Å². The van der Waals surface area contributed by atoms with E-state index in [9.17, 15) is 23.6 Å². The summed E-state index contributed by atoms with van der Waals surface area (Å²) in [5.41, 5.74) is -2.15. The summed E-state index contributed by atoms with van der Waals surface area (Å²) in [6, 6.07) is 19.9. The molecule has 0 unspecified atom stereocenters. The summed E-state index contributed by atoms with van der Waals surface area (Å²) < 4.78 is 39.0. The molecule has 1 saturated heterocycles. The van der Waals surface area contributed by atoms with E-state index in [0.29, 0.717) is 0 Å². The van der Waals surface area contributed by atoms with Gasteiger partial charge in [0.1, 0.15) is 6.23 Å². The second-order valence-electron chi connectivity index (χ2n) is 11.6. The molecule has 2 heterocycles. The van der Waals surface area contributed by atoms with Crippen LogP contribution in [0.2, 0.25) is 5.04 Å². The van der Waals surface area contributed by atoms with E-state index in [-0.39, 0.29) is 31.3 Å². The van der Waals surface area contributed by atoms with Gasteiger partial charge in [-0.25, -0.2) is 4.79 Å². The Morgan fingerprint density at radius 3 is 1.98 bits per heavy atom. The Balaban J connectivity index is 1.78. The highest BCUT2D eigenvalue weighted by Gasteiger charge is 2.53. The van der Waals surface area contributed by atoms with Crippen LogP contribution in [0.25, 0.3) is 0 Å². The Morgan fingerprint density at radius 2 is 1.50 bits per heavy atom. The zero-order valence-corrected chi connectivity index (χ0v) is 26.6. The molecule has 10 nitrogen and oxygen atoms in total. The fraction of sp³-hybridized carbons (Fsp3) is 0.438. The molecule has 44 heavy (non-hydrogen) atoms. The molecule has 1 aliphatic heterocycles. The van der Waals surface area contributed by atoms with Crippen LogP contribution in [0.15, 0.2) is 76.4 Å². The summed E-state index contributed by atoms with van der Waals surface area (Å²) in [6.07, 6.45) is -1.23. The Labute approximate surface area is 256 Å². The summed E-state index contributed by atoms with van der Waals surface area (Å²) in [4.78, 5) is 52.9. The van der Waals surface area contributed by atoms with Gasteiger partial charge in [0.15, 0.2) is 5.92 Å². The molecule has 0 radical (unpaired) electrons. The minimum absolute atomic E-state index is 0.000604. The second-order valence-corrected chi connectivity index (χ2v) is 16.0. The zero-order chi connectivity index (χ0) is 32.1. The standard InChI is InChI=1S/C32H39FN2O8Si/c1-6-40-29(37)26(30(38)41-7-2)24-18-21(43-28(24)35-19-25(33)27(36)34-31(35)39)20-42-44(32(3,4)5,22-14-10-8-11-15-22)23-16-12-9-13-17-23/h8-17,19,21,24,26,28H,6-7,18,20H2,1-5H3,(H,34,36,39)/t21-,24+,28+/m0/s1. The van der Waals surface area contributed by atoms with Crippen LogP contribution < -0.4 is 21.6 Å². The highest BCUT2D eigenvalue weighted by molar-refractivity contribution is 6.99. The Hall–Kier alpha value is -3.87.